The standard InChI is InChI=1S/C21H26N4O4S/c26-25(27)20-10-9-18(17-21(20)23-11-5-2-6-12-23)22-13-15-24(16-14-22)30(28,29)19-7-3-1-4-8-19/h1,3-4,7-10,17H,2,5-6,11-16H2. The van der Waals surface area contributed by atoms with Gasteiger partial charge in [0, 0.05) is 51.0 Å². The molecule has 2 aromatic carbocycles. The van der Waals surface area contributed by atoms with Crippen molar-refractivity contribution in [2.45, 2.75) is 24.2 Å². The average Bonchev–Trinajstić information content (AvgIpc) is 2.80. The molecule has 8 nitrogen and oxygen atoms in total. The summed E-state index contributed by atoms with van der Waals surface area (Å²) >= 11 is 0. The van der Waals surface area contributed by atoms with Crippen LogP contribution in [0.5, 0.6) is 0 Å². The molecular weight excluding hydrogens is 404 g/mol. The third-order valence-electron chi connectivity index (χ3n) is 5.84. The fraction of sp³-hybridized carbons (Fsp3) is 0.429. The number of rotatable bonds is 5. The number of nitro benzene ring substituents is 1. The maximum atomic E-state index is 12.8. The summed E-state index contributed by atoms with van der Waals surface area (Å²) in [5.74, 6) is 0. The first kappa shape index (κ1) is 20.6. The molecule has 0 bridgehead atoms. The Morgan fingerprint density at radius 3 is 2.10 bits per heavy atom. The monoisotopic (exact) mass is 430 g/mol. The number of sulfonamides is 1. The van der Waals surface area contributed by atoms with Crippen molar-refractivity contribution in [3.8, 4) is 0 Å². The van der Waals surface area contributed by atoms with Crippen molar-refractivity contribution in [3.63, 3.8) is 0 Å². The lowest BCUT2D eigenvalue weighted by Crippen LogP contribution is -2.48. The Labute approximate surface area is 176 Å². The van der Waals surface area contributed by atoms with Gasteiger partial charge >= 0.3 is 0 Å². The molecule has 2 aliphatic rings. The molecule has 0 radical (unpaired) electrons. The predicted octanol–water partition coefficient (Wildman–Crippen LogP) is 3.10. The molecule has 0 saturated carbocycles. The minimum absolute atomic E-state index is 0.131. The van der Waals surface area contributed by atoms with E-state index in [9.17, 15) is 18.5 Å². The van der Waals surface area contributed by atoms with Crippen LogP contribution in [-0.2, 0) is 10.0 Å². The van der Waals surface area contributed by atoms with Gasteiger partial charge in [0.25, 0.3) is 5.69 Å². The van der Waals surface area contributed by atoms with Gasteiger partial charge in [0.2, 0.25) is 10.0 Å². The smallest absolute Gasteiger partial charge is 0.292 e. The number of benzene rings is 2. The van der Waals surface area contributed by atoms with E-state index < -0.39 is 10.0 Å². The molecule has 30 heavy (non-hydrogen) atoms. The molecule has 0 spiro atoms. The van der Waals surface area contributed by atoms with E-state index in [1.807, 2.05) is 6.07 Å². The highest BCUT2D eigenvalue weighted by molar-refractivity contribution is 7.89. The maximum absolute atomic E-state index is 12.8. The van der Waals surface area contributed by atoms with Gasteiger partial charge in [-0.2, -0.15) is 4.31 Å². The number of nitro groups is 1. The van der Waals surface area contributed by atoms with Crippen LogP contribution >= 0.6 is 0 Å². The first-order valence-electron chi connectivity index (χ1n) is 10.3. The molecule has 2 saturated heterocycles. The quantitative estimate of drug-likeness (QED) is 0.535. The Kier molecular flexibility index (Phi) is 5.92. The SMILES string of the molecule is O=[N+]([O-])c1ccc(N2CCN(S(=O)(=O)c3ccccc3)CC2)cc1N1CCCCC1. The van der Waals surface area contributed by atoms with Crippen LogP contribution in [0.2, 0.25) is 0 Å². The van der Waals surface area contributed by atoms with Crippen molar-refractivity contribution in [3.05, 3.63) is 58.6 Å². The van der Waals surface area contributed by atoms with E-state index in [1.54, 1.807) is 42.5 Å². The van der Waals surface area contributed by atoms with E-state index in [1.165, 1.54) is 4.31 Å². The third kappa shape index (κ3) is 4.13. The summed E-state index contributed by atoms with van der Waals surface area (Å²) in [6, 6.07) is 13.7. The van der Waals surface area contributed by atoms with Crippen molar-refractivity contribution < 1.29 is 13.3 Å². The number of piperidine rings is 1. The van der Waals surface area contributed by atoms with Crippen molar-refractivity contribution in [2.24, 2.45) is 0 Å². The first-order valence-corrected chi connectivity index (χ1v) is 11.7. The van der Waals surface area contributed by atoms with Crippen molar-refractivity contribution in [1.82, 2.24) is 4.31 Å². The molecule has 0 unspecified atom stereocenters. The van der Waals surface area contributed by atoms with Gasteiger partial charge in [0.1, 0.15) is 5.69 Å². The number of anilines is 2. The molecule has 4 rings (SSSR count). The number of hydrogen-bond acceptors (Lipinski definition) is 6. The zero-order chi connectivity index (χ0) is 21.1. The fourth-order valence-corrected chi connectivity index (χ4v) is 5.62. The van der Waals surface area contributed by atoms with Crippen LogP contribution in [0.25, 0.3) is 0 Å². The van der Waals surface area contributed by atoms with Crippen LogP contribution in [0.15, 0.2) is 53.4 Å². The highest BCUT2D eigenvalue weighted by Gasteiger charge is 2.29. The Hall–Kier alpha value is -2.65. The fourth-order valence-electron chi connectivity index (χ4n) is 4.18. The van der Waals surface area contributed by atoms with Crippen LogP contribution in [0.4, 0.5) is 17.1 Å². The van der Waals surface area contributed by atoms with E-state index in [0.717, 1.165) is 38.0 Å². The Balaban J connectivity index is 1.51. The Morgan fingerprint density at radius 1 is 0.800 bits per heavy atom. The zero-order valence-corrected chi connectivity index (χ0v) is 17.6. The summed E-state index contributed by atoms with van der Waals surface area (Å²) in [5, 5.41) is 11.5. The second-order valence-electron chi connectivity index (χ2n) is 7.68. The predicted molar refractivity (Wildman–Crippen MR) is 117 cm³/mol. The lowest BCUT2D eigenvalue weighted by Gasteiger charge is -2.36. The number of piperazine rings is 1. The van der Waals surface area contributed by atoms with E-state index in [4.69, 9.17) is 0 Å². The summed E-state index contributed by atoms with van der Waals surface area (Å²) < 4.78 is 27.2. The summed E-state index contributed by atoms with van der Waals surface area (Å²) in [5.41, 5.74) is 1.69. The minimum Gasteiger partial charge on any atom is -0.369 e. The summed E-state index contributed by atoms with van der Waals surface area (Å²) in [6.45, 7) is 3.51. The van der Waals surface area contributed by atoms with Gasteiger partial charge in [-0.05, 0) is 43.5 Å². The van der Waals surface area contributed by atoms with Crippen LogP contribution in [-0.4, -0.2) is 56.9 Å². The molecule has 2 heterocycles. The van der Waals surface area contributed by atoms with E-state index >= 15 is 0 Å². The maximum Gasteiger partial charge on any atom is 0.292 e. The molecular formula is C21H26N4O4S. The average molecular weight is 431 g/mol. The molecule has 0 atom stereocenters. The molecule has 2 aliphatic heterocycles. The lowest BCUT2D eigenvalue weighted by molar-refractivity contribution is -0.384. The first-order chi connectivity index (χ1) is 14.5. The van der Waals surface area contributed by atoms with Crippen molar-refractivity contribution >= 4 is 27.1 Å². The van der Waals surface area contributed by atoms with Crippen LogP contribution in [0, 0.1) is 10.1 Å². The molecule has 2 aromatic rings. The molecule has 2 fully saturated rings. The largest absolute Gasteiger partial charge is 0.369 e. The molecule has 160 valence electrons. The van der Waals surface area contributed by atoms with Gasteiger partial charge in [-0.3, -0.25) is 10.1 Å². The molecule has 9 heteroatoms. The zero-order valence-electron chi connectivity index (χ0n) is 16.8. The third-order valence-corrected chi connectivity index (χ3v) is 7.75. The van der Waals surface area contributed by atoms with E-state index in [-0.39, 0.29) is 10.6 Å². The topological polar surface area (TPSA) is 87.0 Å². The highest BCUT2D eigenvalue weighted by atomic mass is 32.2. The summed E-state index contributed by atoms with van der Waals surface area (Å²) in [6.07, 6.45) is 3.23. The van der Waals surface area contributed by atoms with Crippen molar-refractivity contribution in [1.29, 1.82) is 0 Å². The molecule has 0 amide bonds. The van der Waals surface area contributed by atoms with E-state index in [2.05, 4.69) is 9.80 Å². The number of hydrogen-bond donors (Lipinski definition) is 0. The van der Waals surface area contributed by atoms with Crippen LogP contribution in [0.1, 0.15) is 19.3 Å². The van der Waals surface area contributed by atoms with Crippen LogP contribution in [0.3, 0.4) is 0 Å². The number of nitrogens with zero attached hydrogens (tertiary/aromatic N) is 4. The van der Waals surface area contributed by atoms with Gasteiger partial charge < -0.3 is 9.80 Å². The highest BCUT2D eigenvalue weighted by Crippen LogP contribution is 2.34. The van der Waals surface area contributed by atoms with Crippen LogP contribution < -0.4 is 9.80 Å². The lowest BCUT2D eigenvalue weighted by atomic mass is 10.1. The Bertz CT molecular complexity index is 999. The molecule has 0 aromatic heterocycles. The minimum atomic E-state index is -3.50. The second-order valence-corrected chi connectivity index (χ2v) is 9.62. The van der Waals surface area contributed by atoms with Gasteiger partial charge in [0.15, 0.2) is 0 Å². The second kappa shape index (κ2) is 8.61. The molecule has 0 aliphatic carbocycles. The van der Waals surface area contributed by atoms with Gasteiger partial charge in [-0.1, -0.05) is 18.2 Å². The van der Waals surface area contributed by atoms with Crippen molar-refractivity contribution in [2.75, 3.05) is 49.1 Å². The summed E-state index contributed by atoms with van der Waals surface area (Å²) in [7, 11) is -3.50. The van der Waals surface area contributed by atoms with Gasteiger partial charge in [-0.25, -0.2) is 8.42 Å². The molecule has 0 N–H and O–H groups in total. The Morgan fingerprint density at radius 2 is 1.47 bits per heavy atom. The van der Waals surface area contributed by atoms with E-state index in [0.29, 0.717) is 36.8 Å². The van der Waals surface area contributed by atoms with Gasteiger partial charge in [-0.15, -0.1) is 0 Å². The summed E-state index contributed by atoms with van der Waals surface area (Å²) in [4.78, 5) is 15.7. The van der Waals surface area contributed by atoms with Gasteiger partial charge in [0.05, 0.1) is 9.82 Å². The normalized spacial score (nSPS) is 18.4.